The van der Waals surface area contributed by atoms with Crippen LogP contribution in [0.4, 0.5) is 0 Å². The van der Waals surface area contributed by atoms with E-state index in [0.29, 0.717) is 18.2 Å². The number of likely N-dealkylation sites (N-methyl/N-ethyl adjacent to an activating group) is 1. The van der Waals surface area contributed by atoms with E-state index in [1.165, 1.54) is 12.0 Å². The number of fused-ring (bicyclic) bond motifs is 1. The summed E-state index contributed by atoms with van der Waals surface area (Å²) in [5.74, 6) is 0.853. The van der Waals surface area contributed by atoms with E-state index in [4.69, 9.17) is 4.74 Å². The Labute approximate surface area is 173 Å². The maximum atomic E-state index is 13.7. The summed E-state index contributed by atoms with van der Waals surface area (Å²) in [6.45, 7) is 2.40. The van der Waals surface area contributed by atoms with Crippen LogP contribution in [0.25, 0.3) is 0 Å². The number of carbonyl (C=O) groups excluding carboxylic acids is 1. The van der Waals surface area contributed by atoms with E-state index < -0.39 is 0 Å². The van der Waals surface area contributed by atoms with Crippen molar-refractivity contribution in [3.8, 4) is 5.75 Å². The highest BCUT2D eigenvalue weighted by Gasteiger charge is 2.44. The molecule has 5 nitrogen and oxygen atoms in total. The number of benzene rings is 2. The number of carbonyl (C=O) groups is 1. The number of ether oxygens (including phenoxy) is 1. The molecule has 0 saturated carbocycles. The van der Waals surface area contributed by atoms with Crippen molar-refractivity contribution in [2.75, 3.05) is 26.7 Å². The van der Waals surface area contributed by atoms with Gasteiger partial charge in [-0.25, -0.2) is 0 Å². The lowest BCUT2D eigenvalue weighted by atomic mass is 10.0. The molecule has 2 heterocycles. The summed E-state index contributed by atoms with van der Waals surface area (Å²) in [5.41, 5.74) is 1.93. The molecule has 2 aromatic rings. The summed E-state index contributed by atoms with van der Waals surface area (Å²) in [6.07, 6.45) is 4.37. The Morgan fingerprint density at radius 3 is 2.86 bits per heavy atom. The van der Waals surface area contributed by atoms with Crippen LogP contribution in [0.3, 0.4) is 0 Å². The summed E-state index contributed by atoms with van der Waals surface area (Å²) in [7, 11) is 1.90. The van der Waals surface area contributed by atoms with Crippen molar-refractivity contribution in [3.63, 3.8) is 0 Å². The van der Waals surface area contributed by atoms with Crippen molar-refractivity contribution in [3.05, 3.63) is 65.7 Å². The molecular weight excluding hydrogens is 362 g/mol. The molecule has 5 heteroatoms. The summed E-state index contributed by atoms with van der Waals surface area (Å²) in [5, 5.41) is 6.77. The van der Waals surface area contributed by atoms with Crippen LogP contribution in [-0.2, 0) is 0 Å². The number of amides is 1. The zero-order valence-corrected chi connectivity index (χ0v) is 17.1. The van der Waals surface area contributed by atoms with Gasteiger partial charge < -0.3 is 20.3 Å². The Balaban J connectivity index is 1.62. The second kappa shape index (κ2) is 9.42. The van der Waals surface area contributed by atoms with Gasteiger partial charge >= 0.3 is 0 Å². The monoisotopic (exact) mass is 393 g/mol. The standard InChI is InChI=1S/C24H31N3O2/c1-25-14-15-29-20-11-7-10-19(16-20)24(28)27-22-12-5-6-13-26-21(22)17-23(27)18-8-3-2-4-9-18/h2-4,7-11,16,21-23,25-26H,5-6,12-15,17H2,1H3/t21-,22+,23+/m1/s1. The van der Waals surface area contributed by atoms with Crippen molar-refractivity contribution in [1.82, 2.24) is 15.5 Å². The number of nitrogens with zero attached hydrogens (tertiary/aromatic N) is 1. The Hall–Kier alpha value is -2.37. The second-order valence-electron chi connectivity index (χ2n) is 7.98. The minimum absolute atomic E-state index is 0.106. The van der Waals surface area contributed by atoms with Crippen molar-refractivity contribution in [1.29, 1.82) is 0 Å². The first kappa shape index (κ1) is 19.9. The lowest BCUT2D eigenvalue weighted by molar-refractivity contribution is 0.0649. The first-order valence-electron chi connectivity index (χ1n) is 10.8. The minimum Gasteiger partial charge on any atom is -0.492 e. The number of likely N-dealkylation sites (tertiary alicyclic amines) is 1. The molecule has 0 bridgehead atoms. The van der Waals surface area contributed by atoms with Gasteiger partial charge in [-0.2, -0.15) is 0 Å². The van der Waals surface area contributed by atoms with Gasteiger partial charge in [-0.3, -0.25) is 4.79 Å². The largest absolute Gasteiger partial charge is 0.492 e. The molecule has 2 aliphatic heterocycles. The highest BCUT2D eigenvalue weighted by atomic mass is 16.5. The molecule has 2 aromatic carbocycles. The third-order valence-corrected chi connectivity index (χ3v) is 6.09. The molecule has 2 aliphatic rings. The van der Waals surface area contributed by atoms with Gasteiger partial charge in [0, 0.05) is 24.2 Å². The van der Waals surface area contributed by atoms with Gasteiger partial charge in [-0.1, -0.05) is 42.8 Å². The van der Waals surface area contributed by atoms with Crippen molar-refractivity contribution >= 4 is 5.91 Å². The highest BCUT2D eigenvalue weighted by molar-refractivity contribution is 5.95. The predicted octanol–water partition coefficient (Wildman–Crippen LogP) is 3.38. The van der Waals surface area contributed by atoms with E-state index in [2.05, 4.69) is 39.8 Å². The lowest BCUT2D eigenvalue weighted by Crippen LogP contribution is -2.44. The van der Waals surface area contributed by atoms with Gasteiger partial charge in [-0.15, -0.1) is 0 Å². The number of rotatable bonds is 6. The quantitative estimate of drug-likeness (QED) is 0.739. The molecule has 3 atom stereocenters. The van der Waals surface area contributed by atoms with E-state index in [0.717, 1.165) is 38.1 Å². The molecule has 0 spiro atoms. The van der Waals surface area contributed by atoms with Crippen LogP contribution in [0, 0.1) is 0 Å². The molecule has 0 aromatic heterocycles. The van der Waals surface area contributed by atoms with Crippen LogP contribution < -0.4 is 15.4 Å². The zero-order valence-electron chi connectivity index (χ0n) is 17.1. The molecule has 29 heavy (non-hydrogen) atoms. The van der Waals surface area contributed by atoms with Gasteiger partial charge in [0.05, 0.1) is 6.04 Å². The molecule has 154 valence electrons. The van der Waals surface area contributed by atoms with E-state index >= 15 is 0 Å². The Kier molecular flexibility index (Phi) is 6.47. The summed E-state index contributed by atoms with van der Waals surface area (Å²) >= 11 is 0. The fourth-order valence-corrected chi connectivity index (χ4v) is 4.66. The maximum Gasteiger partial charge on any atom is 0.254 e. The van der Waals surface area contributed by atoms with Gasteiger partial charge in [-0.05, 0) is 56.6 Å². The number of hydrogen-bond donors (Lipinski definition) is 2. The van der Waals surface area contributed by atoms with Gasteiger partial charge in [0.1, 0.15) is 12.4 Å². The Bertz CT molecular complexity index is 811. The average Bonchev–Trinajstić information content (AvgIpc) is 2.96. The van der Waals surface area contributed by atoms with E-state index in [1.54, 1.807) is 0 Å². The normalized spacial score (nSPS) is 24.0. The molecule has 2 N–H and O–H groups in total. The van der Waals surface area contributed by atoms with Gasteiger partial charge in [0.15, 0.2) is 0 Å². The maximum absolute atomic E-state index is 13.7. The average molecular weight is 394 g/mol. The molecular formula is C24H31N3O2. The summed E-state index contributed by atoms with van der Waals surface area (Å²) < 4.78 is 5.79. The first-order chi connectivity index (χ1) is 14.3. The zero-order chi connectivity index (χ0) is 20.1. The van der Waals surface area contributed by atoms with Gasteiger partial charge in [0.2, 0.25) is 0 Å². The Morgan fingerprint density at radius 1 is 1.17 bits per heavy atom. The van der Waals surface area contributed by atoms with Crippen LogP contribution >= 0.6 is 0 Å². The third kappa shape index (κ3) is 4.46. The molecule has 1 amide bonds. The number of hydrogen-bond acceptors (Lipinski definition) is 4. The van der Waals surface area contributed by atoms with Crippen LogP contribution in [0.5, 0.6) is 5.75 Å². The van der Waals surface area contributed by atoms with Crippen LogP contribution in [0.1, 0.15) is 47.6 Å². The molecule has 2 saturated heterocycles. The summed E-state index contributed by atoms with van der Waals surface area (Å²) in [4.78, 5) is 15.9. The molecule has 4 rings (SSSR count). The first-order valence-corrected chi connectivity index (χ1v) is 10.8. The van der Waals surface area contributed by atoms with Gasteiger partial charge in [0.25, 0.3) is 5.91 Å². The van der Waals surface area contributed by atoms with Crippen LogP contribution in [-0.4, -0.2) is 49.6 Å². The second-order valence-corrected chi connectivity index (χ2v) is 7.98. The Morgan fingerprint density at radius 2 is 2.03 bits per heavy atom. The lowest BCUT2D eigenvalue weighted by Gasteiger charge is -2.31. The fourth-order valence-electron chi connectivity index (χ4n) is 4.66. The highest BCUT2D eigenvalue weighted by Crippen LogP contribution is 2.40. The summed E-state index contributed by atoms with van der Waals surface area (Å²) in [6, 6.07) is 18.8. The van der Waals surface area contributed by atoms with E-state index in [1.807, 2.05) is 37.4 Å². The predicted molar refractivity (Wildman–Crippen MR) is 115 cm³/mol. The smallest absolute Gasteiger partial charge is 0.254 e. The molecule has 2 fully saturated rings. The van der Waals surface area contributed by atoms with Crippen molar-refractivity contribution in [2.24, 2.45) is 0 Å². The molecule has 0 aliphatic carbocycles. The third-order valence-electron chi connectivity index (χ3n) is 6.09. The van der Waals surface area contributed by atoms with Crippen LogP contribution in [0.2, 0.25) is 0 Å². The molecule has 0 radical (unpaired) electrons. The van der Waals surface area contributed by atoms with Crippen molar-refractivity contribution < 1.29 is 9.53 Å². The fraction of sp³-hybridized carbons (Fsp3) is 0.458. The minimum atomic E-state index is 0.106. The topological polar surface area (TPSA) is 53.6 Å². The van der Waals surface area contributed by atoms with E-state index in [-0.39, 0.29) is 18.0 Å². The number of nitrogens with one attached hydrogen (secondary N) is 2. The SMILES string of the molecule is CNCCOc1cccc(C(=O)N2[C@H](c3ccccc3)C[C@H]3NCCCC[C@@H]32)c1. The van der Waals surface area contributed by atoms with Crippen LogP contribution in [0.15, 0.2) is 54.6 Å². The van der Waals surface area contributed by atoms with Crippen molar-refractivity contribution in [2.45, 2.75) is 43.8 Å². The molecule has 0 unspecified atom stereocenters. The van der Waals surface area contributed by atoms with E-state index in [9.17, 15) is 4.79 Å².